The van der Waals surface area contributed by atoms with Crippen molar-refractivity contribution in [1.29, 1.82) is 0 Å². The molecule has 0 bridgehead atoms. The number of nitrogens with zero attached hydrogens (tertiary/aromatic N) is 1. The van der Waals surface area contributed by atoms with Crippen LogP contribution in [-0.2, 0) is 16.1 Å². The Morgan fingerprint density at radius 1 is 1.11 bits per heavy atom. The molecule has 1 atom stereocenters. The van der Waals surface area contributed by atoms with Gasteiger partial charge in [-0.2, -0.15) is 0 Å². The number of hydrogen-bond acceptors (Lipinski definition) is 4. The summed E-state index contributed by atoms with van der Waals surface area (Å²) in [5.41, 5.74) is 2.08. The summed E-state index contributed by atoms with van der Waals surface area (Å²) >= 11 is 3.57. The minimum atomic E-state index is -0.582. The summed E-state index contributed by atoms with van der Waals surface area (Å²) in [6.45, 7) is 6.34. The highest BCUT2D eigenvalue weighted by Crippen LogP contribution is 2.29. The minimum absolute atomic E-state index is 0.0943. The molecule has 0 saturated heterocycles. The van der Waals surface area contributed by atoms with Crippen molar-refractivity contribution in [2.45, 2.75) is 83.8 Å². The maximum Gasteiger partial charge on any atom is 0.261 e. The highest BCUT2D eigenvalue weighted by molar-refractivity contribution is 9.10. The van der Waals surface area contributed by atoms with Crippen molar-refractivity contribution in [3.8, 4) is 11.5 Å². The molecule has 1 unspecified atom stereocenters. The highest BCUT2D eigenvalue weighted by Gasteiger charge is 2.30. The highest BCUT2D eigenvalue weighted by atomic mass is 79.9. The number of methoxy groups -OCH3 is 1. The van der Waals surface area contributed by atoms with Crippen molar-refractivity contribution in [2.75, 3.05) is 13.7 Å². The van der Waals surface area contributed by atoms with Crippen LogP contribution in [0, 0.1) is 0 Å². The average Bonchev–Trinajstić information content (AvgIpc) is 2.88. The number of carbonyl (C=O) groups is 2. The van der Waals surface area contributed by atoms with Gasteiger partial charge in [0.05, 0.1) is 11.6 Å². The van der Waals surface area contributed by atoms with Gasteiger partial charge in [0.1, 0.15) is 17.5 Å². The van der Waals surface area contributed by atoms with Crippen molar-refractivity contribution in [3.05, 3.63) is 58.1 Å². The van der Waals surface area contributed by atoms with E-state index in [1.54, 1.807) is 12.0 Å². The first-order valence-corrected chi connectivity index (χ1v) is 13.8. The molecule has 36 heavy (non-hydrogen) atoms. The molecule has 0 heterocycles. The second-order valence-electron chi connectivity index (χ2n) is 9.77. The van der Waals surface area contributed by atoms with Gasteiger partial charge in [-0.25, -0.2) is 0 Å². The summed E-state index contributed by atoms with van der Waals surface area (Å²) < 4.78 is 12.1. The van der Waals surface area contributed by atoms with Gasteiger partial charge in [0.2, 0.25) is 5.91 Å². The van der Waals surface area contributed by atoms with Gasteiger partial charge >= 0.3 is 0 Å². The van der Waals surface area contributed by atoms with Crippen LogP contribution < -0.4 is 14.8 Å². The van der Waals surface area contributed by atoms with E-state index in [1.165, 1.54) is 12.0 Å². The zero-order valence-corrected chi connectivity index (χ0v) is 23.5. The second-order valence-corrected chi connectivity index (χ2v) is 10.6. The van der Waals surface area contributed by atoms with Crippen molar-refractivity contribution in [2.24, 2.45) is 0 Å². The molecular weight excluding hydrogens is 520 g/mol. The van der Waals surface area contributed by atoms with E-state index in [2.05, 4.69) is 35.1 Å². The lowest BCUT2D eigenvalue weighted by Crippen LogP contribution is -2.52. The van der Waals surface area contributed by atoms with Crippen LogP contribution in [0.4, 0.5) is 0 Å². The number of ether oxygens (including phenoxy) is 2. The van der Waals surface area contributed by atoms with Crippen molar-refractivity contribution >= 4 is 27.7 Å². The van der Waals surface area contributed by atoms with Crippen LogP contribution in [-0.4, -0.2) is 42.5 Å². The van der Waals surface area contributed by atoms with Gasteiger partial charge in [0, 0.05) is 12.6 Å². The molecule has 1 aliphatic rings. The van der Waals surface area contributed by atoms with Gasteiger partial charge < -0.3 is 19.7 Å². The number of carbonyl (C=O) groups excluding carboxylic acids is 2. The van der Waals surface area contributed by atoms with Crippen molar-refractivity contribution < 1.29 is 19.1 Å². The third-order valence-corrected chi connectivity index (χ3v) is 7.42. The quantitative estimate of drug-likeness (QED) is 0.355. The molecule has 0 radical (unpaired) electrons. The third kappa shape index (κ3) is 7.73. The minimum Gasteiger partial charge on any atom is -0.497 e. The summed E-state index contributed by atoms with van der Waals surface area (Å²) in [5.74, 6) is 1.38. The Morgan fingerprint density at radius 3 is 2.50 bits per heavy atom. The van der Waals surface area contributed by atoms with Gasteiger partial charge in [-0.1, -0.05) is 58.2 Å². The standard InChI is InChI=1S/C29H39BrN2O4/c1-5-26(29(34)31-23-11-7-6-8-12-23)32(18-21-10-9-13-24(16-21)35-4)28(33)19-36-27-15-14-22(20(2)3)17-25(27)30/h9-10,13-17,20,23,26H,5-8,11-12,18-19H2,1-4H3,(H,31,34). The van der Waals surface area contributed by atoms with E-state index in [4.69, 9.17) is 9.47 Å². The van der Waals surface area contributed by atoms with Gasteiger partial charge in [-0.3, -0.25) is 9.59 Å². The molecule has 0 aromatic heterocycles. The van der Waals surface area contributed by atoms with Crippen LogP contribution in [0.15, 0.2) is 46.9 Å². The molecule has 2 amide bonds. The Kier molecular flexibility index (Phi) is 10.7. The van der Waals surface area contributed by atoms with E-state index in [0.29, 0.717) is 30.4 Å². The smallest absolute Gasteiger partial charge is 0.261 e. The normalized spacial score (nSPS) is 14.8. The number of rotatable bonds is 11. The van der Waals surface area contributed by atoms with E-state index in [0.717, 1.165) is 35.7 Å². The van der Waals surface area contributed by atoms with E-state index in [1.807, 2.05) is 49.4 Å². The number of hydrogen-bond donors (Lipinski definition) is 1. The maximum atomic E-state index is 13.5. The van der Waals surface area contributed by atoms with Crippen molar-refractivity contribution in [3.63, 3.8) is 0 Å². The lowest BCUT2D eigenvalue weighted by Gasteiger charge is -2.32. The summed E-state index contributed by atoms with van der Waals surface area (Å²) in [5, 5.41) is 3.21. The molecule has 1 aliphatic carbocycles. The van der Waals surface area contributed by atoms with Crippen LogP contribution in [0.5, 0.6) is 11.5 Å². The second kappa shape index (κ2) is 13.7. The topological polar surface area (TPSA) is 67.9 Å². The summed E-state index contributed by atoms with van der Waals surface area (Å²) in [7, 11) is 1.62. The zero-order chi connectivity index (χ0) is 26.1. The average molecular weight is 560 g/mol. The number of benzene rings is 2. The Balaban J connectivity index is 1.78. The lowest BCUT2D eigenvalue weighted by atomic mass is 9.95. The first-order valence-electron chi connectivity index (χ1n) is 13.0. The molecule has 0 spiro atoms. The molecular formula is C29H39BrN2O4. The molecule has 2 aromatic rings. The van der Waals surface area contributed by atoms with Crippen LogP contribution in [0.1, 0.15) is 76.3 Å². The predicted molar refractivity (Wildman–Crippen MR) is 146 cm³/mol. The monoisotopic (exact) mass is 558 g/mol. The summed E-state index contributed by atoms with van der Waals surface area (Å²) in [4.78, 5) is 28.5. The third-order valence-electron chi connectivity index (χ3n) is 6.80. The van der Waals surface area contributed by atoms with Gasteiger partial charge in [-0.15, -0.1) is 0 Å². The lowest BCUT2D eigenvalue weighted by molar-refractivity contribution is -0.143. The van der Waals surface area contributed by atoms with Gasteiger partial charge in [0.15, 0.2) is 6.61 Å². The fraction of sp³-hybridized carbons (Fsp3) is 0.517. The Morgan fingerprint density at radius 2 is 1.86 bits per heavy atom. The van der Waals surface area contributed by atoms with Crippen LogP contribution >= 0.6 is 15.9 Å². The van der Waals surface area contributed by atoms with Crippen LogP contribution in [0.2, 0.25) is 0 Å². The van der Waals surface area contributed by atoms with Gasteiger partial charge in [0.25, 0.3) is 5.91 Å². The molecule has 1 N–H and O–H groups in total. The molecule has 3 rings (SSSR count). The maximum absolute atomic E-state index is 13.5. The molecule has 1 fully saturated rings. The molecule has 7 heteroatoms. The molecule has 0 aliphatic heterocycles. The SMILES string of the molecule is CCC(C(=O)NC1CCCCC1)N(Cc1cccc(OC)c1)C(=O)COc1ccc(C(C)C)cc1Br. The fourth-order valence-electron chi connectivity index (χ4n) is 4.65. The zero-order valence-electron chi connectivity index (χ0n) is 21.9. The number of amides is 2. The van der Waals surface area contributed by atoms with E-state index < -0.39 is 6.04 Å². The molecule has 1 saturated carbocycles. The first kappa shape index (κ1) is 28.0. The molecule has 6 nitrogen and oxygen atoms in total. The van der Waals surface area contributed by atoms with Crippen LogP contribution in [0.25, 0.3) is 0 Å². The first-order chi connectivity index (χ1) is 17.3. The Labute approximate surface area is 223 Å². The van der Waals surface area contributed by atoms with Crippen LogP contribution in [0.3, 0.4) is 0 Å². The molecule has 2 aromatic carbocycles. The fourth-order valence-corrected chi connectivity index (χ4v) is 5.16. The van der Waals surface area contributed by atoms with E-state index >= 15 is 0 Å². The Bertz CT molecular complexity index is 1020. The summed E-state index contributed by atoms with van der Waals surface area (Å²) in [6, 6.07) is 13.1. The number of halogens is 1. The molecule has 196 valence electrons. The predicted octanol–water partition coefficient (Wildman–Crippen LogP) is 6.22. The Hall–Kier alpha value is -2.54. The largest absolute Gasteiger partial charge is 0.497 e. The van der Waals surface area contributed by atoms with E-state index in [-0.39, 0.29) is 24.5 Å². The van der Waals surface area contributed by atoms with Crippen molar-refractivity contribution in [1.82, 2.24) is 10.2 Å². The van der Waals surface area contributed by atoms with E-state index in [9.17, 15) is 9.59 Å². The summed E-state index contributed by atoms with van der Waals surface area (Å²) in [6.07, 6.45) is 5.99. The number of nitrogens with one attached hydrogen (secondary N) is 1. The van der Waals surface area contributed by atoms with Gasteiger partial charge in [-0.05, 0) is 76.5 Å².